The Bertz CT molecular complexity index is 934. The number of ether oxygens (including phenoxy) is 1. The molecule has 0 unspecified atom stereocenters. The molecular weight excluding hydrogens is 356 g/mol. The van der Waals surface area contributed by atoms with Gasteiger partial charge < -0.3 is 15.2 Å². The van der Waals surface area contributed by atoms with Gasteiger partial charge in [0.25, 0.3) is 5.91 Å². The van der Waals surface area contributed by atoms with Gasteiger partial charge in [-0.05, 0) is 30.4 Å². The Morgan fingerprint density at radius 1 is 1.25 bits per heavy atom. The average Bonchev–Trinajstić information content (AvgIpc) is 3.21. The van der Waals surface area contributed by atoms with Crippen LogP contribution < -0.4 is 10.1 Å². The molecule has 1 atom stereocenters. The predicted molar refractivity (Wildman–Crippen MR) is 104 cm³/mol. The molecule has 0 saturated heterocycles. The van der Waals surface area contributed by atoms with Crippen LogP contribution in [0.25, 0.3) is 11.3 Å². The van der Waals surface area contributed by atoms with Crippen LogP contribution in [0.15, 0.2) is 54.7 Å². The van der Waals surface area contributed by atoms with Crippen LogP contribution >= 0.6 is 0 Å². The lowest BCUT2D eigenvalue weighted by molar-refractivity contribution is 0.0234. The number of rotatable bonds is 6. The number of H-pyrrole nitrogens is 1. The van der Waals surface area contributed by atoms with Crippen molar-refractivity contribution >= 4 is 5.91 Å². The van der Waals surface area contributed by atoms with E-state index in [9.17, 15) is 9.90 Å². The van der Waals surface area contributed by atoms with Crippen molar-refractivity contribution in [3.63, 3.8) is 0 Å². The van der Waals surface area contributed by atoms with Gasteiger partial charge in [0.1, 0.15) is 5.69 Å². The van der Waals surface area contributed by atoms with Crippen molar-refractivity contribution in [3.8, 4) is 17.1 Å². The molecule has 1 aromatic carbocycles. The molecule has 3 N–H and O–H groups in total. The Kier molecular flexibility index (Phi) is 5.08. The van der Waals surface area contributed by atoms with E-state index in [-0.39, 0.29) is 24.0 Å². The lowest BCUT2D eigenvalue weighted by Crippen LogP contribution is -2.41. The fraction of sp³-hybridized carbons (Fsp3) is 0.286. The Hall–Kier alpha value is -3.19. The third-order valence-corrected chi connectivity index (χ3v) is 5.13. The van der Waals surface area contributed by atoms with Gasteiger partial charge in [0.05, 0.1) is 24.9 Å². The van der Waals surface area contributed by atoms with Crippen LogP contribution in [0.4, 0.5) is 0 Å². The van der Waals surface area contributed by atoms with Crippen LogP contribution in [0.3, 0.4) is 0 Å². The van der Waals surface area contributed by atoms with Crippen molar-refractivity contribution in [3.05, 3.63) is 66.0 Å². The molecule has 7 nitrogen and oxygen atoms in total. The van der Waals surface area contributed by atoms with E-state index in [0.717, 1.165) is 11.1 Å². The number of benzene rings is 1. The first-order chi connectivity index (χ1) is 13.6. The number of nitrogens with zero attached hydrogens (tertiary/aromatic N) is 2. The van der Waals surface area contributed by atoms with Crippen molar-refractivity contribution in [2.45, 2.75) is 25.0 Å². The summed E-state index contributed by atoms with van der Waals surface area (Å²) in [6.45, 7) is 0. The number of nitrogens with one attached hydrogen (secondary N) is 2. The molecule has 0 bridgehead atoms. The van der Waals surface area contributed by atoms with Crippen molar-refractivity contribution < 1.29 is 14.6 Å². The molecule has 0 spiro atoms. The molecule has 28 heavy (non-hydrogen) atoms. The fourth-order valence-corrected chi connectivity index (χ4v) is 3.49. The Morgan fingerprint density at radius 2 is 2.04 bits per heavy atom. The summed E-state index contributed by atoms with van der Waals surface area (Å²) in [4.78, 5) is 17.1. The summed E-state index contributed by atoms with van der Waals surface area (Å²) in [5.74, 6) is 0.436. The Morgan fingerprint density at radius 3 is 2.68 bits per heavy atom. The number of aliphatic hydroxyl groups excluding tert-OH is 1. The molecule has 2 aromatic heterocycles. The summed E-state index contributed by atoms with van der Waals surface area (Å²) in [6.07, 6.45) is 2.69. The first-order valence-corrected chi connectivity index (χ1v) is 9.23. The van der Waals surface area contributed by atoms with E-state index in [1.54, 1.807) is 25.4 Å². The van der Waals surface area contributed by atoms with E-state index in [1.807, 2.05) is 36.4 Å². The second kappa shape index (κ2) is 7.82. The standard InChI is InChI=1S/C21H22N4O3/c1-28-19-8-7-14(12-22-19)20(15-9-16(26)10-15)23-21(27)18-11-17(24-25-18)13-5-3-2-4-6-13/h2-8,11-12,15-16,20,26H,9-10H2,1H3,(H,23,27)(H,24,25)/t15?,16?,20-/m0/s1. The van der Waals surface area contributed by atoms with Gasteiger partial charge in [-0.2, -0.15) is 5.10 Å². The van der Waals surface area contributed by atoms with Crippen molar-refractivity contribution in [2.24, 2.45) is 5.92 Å². The molecule has 0 radical (unpaired) electrons. The Balaban J connectivity index is 1.53. The number of amides is 1. The number of pyridine rings is 1. The van der Waals surface area contributed by atoms with Gasteiger partial charge in [0.2, 0.25) is 5.88 Å². The average molecular weight is 378 g/mol. The van der Waals surface area contributed by atoms with Crippen molar-refractivity contribution in [1.29, 1.82) is 0 Å². The smallest absolute Gasteiger partial charge is 0.269 e. The number of carbonyl (C=O) groups is 1. The monoisotopic (exact) mass is 378 g/mol. The van der Waals surface area contributed by atoms with Gasteiger partial charge in [0.15, 0.2) is 0 Å². The third-order valence-electron chi connectivity index (χ3n) is 5.13. The number of hydrogen-bond donors (Lipinski definition) is 3. The van der Waals surface area contributed by atoms with Crippen LogP contribution in [0.1, 0.15) is 34.9 Å². The Labute approximate surface area is 162 Å². The summed E-state index contributed by atoms with van der Waals surface area (Å²) in [5.41, 5.74) is 2.93. The number of carbonyl (C=O) groups excluding carboxylic acids is 1. The van der Waals surface area contributed by atoms with Crippen LogP contribution in [0, 0.1) is 5.92 Å². The molecule has 0 aliphatic heterocycles. The molecule has 144 valence electrons. The number of hydrogen-bond acceptors (Lipinski definition) is 5. The molecule has 1 aliphatic carbocycles. The summed E-state index contributed by atoms with van der Waals surface area (Å²) in [5, 5.41) is 19.8. The van der Waals surface area contributed by atoms with Gasteiger partial charge in [-0.3, -0.25) is 9.89 Å². The van der Waals surface area contributed by atoms with Crippen molar-refractivity contribution in [1.82, 2.24) is 20.5 Å². The summed E-state index contributed by atoms with van der Waals surface area (Å²) >= 11 is 0. The maximum Gasteiger partial charge on any atom is 0.269 e. The largest absolute Gasteiger partial charge is 0.481 e. The van der Waals surface area contributed by atoms with Crippen LogP contribution in [0.2, 0.25) is 0 Å². The summed E-state index contributed by atoms with van der Waals surface area (Å²) in [6, 6.07) is 14.8. The van der Waals surface area contributed by atoms with E-state index in [2.05, 4.69) is 20.5 Å². The van der Waals surface area contributed by atoms with Gasteiger partial charge >= 0.3 is 0 Å². The number of aliphatic hydroxyl groups is 1. The third kappa shape index (κ3) is 3.75. The first kappa shape index (κ1) is 18.2. The quantitative estimate of drug-likeness (QED) is 0.612. The van der Waals surface area contributed by atoms with E-state index in [0.29, 0.717) is 30.1 Å². The summed E-state index contributed by atoms with van der Waals surface area (Å²) < 4.78 is 5.11. The lowest BCUT2D eigenvalue weighted by atomic mass is 9.75. The maximum absolute atomic E-state index is 12.8. The van der Waals surface area contributed by atoms with Gasteiger partial charge in [0, 0.05) is 17.8 Å². The lowest BCUT2D eigenvalue weighted by Gasteiger charge is -2.38. The molecular formula is C21H22N4O3. The predicted octanol–water partition coefficient (Wildman–Crippen LogP) is 2.72. The van der Waals surface area contributed by atoms with Crippen molar-refractivity contribution in [2.75, 3.05) is 7.11 Å². The molecule has 1 saturated carbocycles. The van der Waals surface area contributed by atoms with Gasteiger partial charge in [-0.15, -0.1) is 0 Å². The van der Waals surface area contributed by atoms with Gasteiger partial charge in [-0.1, -0.05) is 36.4 Å². The van der Waals surface area contributed by atoms with E-state index >= 15 is 0 Å². The maximum atomic E-state index is 12.8. The zero-order valence-corrected chi connectivity index (χ0v) is 15.5. The van der Waals surface area contributed by atoms with Gasteiger partial charge in [-0.25, -0.2) is 4.98 Å². The zero-order valence-electron chi connectivity index (χ0n) is 15.5. The van der Waals surface area contributed by atoms with Crippen LogP contribution in [-0.2, 0) is 0 Å². The molecule has 4 rings (SSSR count). The molecule has 1 fully saturated rings. The highest BCUT2D eigenvalue weighted by molar-refractivity contribution is 5.93. The highest BCUT2D eigenvalue weighted by Gasteiger charge is 2.36. The topological polar surface area (TPSA) is 100 Å². The molecule has 7 heteroatoms. The molecule has 2 heterocycles. The normalized spacial score (nSPS) is 19.5. The molecule has 1 amide bonds. The number of aromatic amines is 1. The van der Waals surface area contributed by atoms with Crippen LogP contribution in [0.5, 0.6) is 5.88 Å². The second-order valence-electron chi connectivity index (χ2n) is 7.00. The van der Waals surface area contributed by atoms with E-state index < -0.39 is 0 Å². The van der Waals surface area contributed by atoms with E-state index in [1.165, 1.54) is 0 Å². The first-order valence-electron chi connectivity index (χ1n) is 9.23. The minimum absolute atomic E-state index is 0.158. The number of methoxy groups -OCH3 is 1. The minimum Gasteiger partial charge on any atom is -0.481 e. The SMILES string of the molecule is COc1ccc([C@H](NC(=O)c2cc(-c3ccccc3)n[nH]2)C2CC(O)C2)cn1. The summed E-state index contributed by atoms with van der Waals surface area (Å²) in [7, 11) is 1.56. The highest BCUT2D eigenvalue weighted by atomic mass is 16.5. The van der Waals surface area contributed by atoms with Crippen LogP contribution in [-0.4, -0.2) is 39.4 Å². The molecule has 1 aliphatic rings. The van der Waals surface area contributed by atoms with E-state index in [4.69, 9.17) is 4.74 Å². The fourth-order valence-electron chi connectivity index (χ4n) is 3.49. The number of aromatic nitrogens is 3. The minimum atomic E-state index is -0.313. The molecule has 3 aromatic rings. The second-order valence-corrected chi connectivity index (χ2v) is 7.00. The zero-order chi connectivity index (χ0) is 19.5. The highest BCUT2D eigenvalue weighted by Crippen LogP contribution is 2.38.